The molecule has 0 heterocycles. The van der Waals surface area contributed by atoms with Crippen LogP contribution < -0.4 is 5.32 Å². The average Bonchev–Trinajstić information content (AvgIpc) is 2.35. The van der Waals surface area contributed by atoms with Crippen molar-refractivity contribution in [3.8, 4) is 0 Å². The molecule has 0 bridgehead atoms. The lowest BCUT2D eigenvalue weighted by Gasteiger charge is -2.20. The summed E-state index contributed by atoms with van der Waals surface area (Å²) in [6.07, 6.45) is 0. The van der Waals surface area contributed by atoms with Gasteiger partial charge >= 0.3 is 0 Å². The van der Waals surface area contributed by atoms with Crippen molar-refractivity contribution in [1.82, 2.24) is 5.32 Å². The van der Waals surface area contributed by atoms with Crippen molar-refractivity contribution >= 4 is 15.9 Å². The molecule has 2 aromatic carbocycles. The molecule has 20 heavy (non-hydrogen) atoms. The summed E-state index contributed by atoms with van der Waals surface area (Å²) in [6.45, 7) is 4.63. The standard InChI is InChI=1S/C16H16BrF2N/c1-3-20-16(11-6-10(2)7-12(17)8-11)14-5-4-13(18)9-15(14)19/h4-9,16,20H,3H2,1-2H3. The topological polar surface area (TPSA) is 12.0 Å². The van der Waals surface area contributed by atoms with Gasteiger partial charge in [-0.25, -0.2) is 8.78 Å². The van der Waals surface area contributed by atoms with Crippen molar-refractivity contribution < 1.29 is 8.78 Å². The number of hydrogen-bond acceptors (Lipinski definition) is 1. The van der Waals surface area contributed by atoms with E-state index in [-0.39, 0.29) is 6.04 Å². The third kappa shape index (κ3) is 3.44. The van der Waals surface area contributed by atoms with E-state index < -0.39 is 11.6 Å². The molecule has 0 radical (unpaired) electrons. The van der Waals surface area contributed by atoms with Crippen LogP contribution in [0.5, 0.6) is 0 Å². The van der Waals surface area contributed by atoms with E-state index in [0.717, 1.165) is 21.7 Å². The summed E-state index contributed by atoms with van der Waals surface area (Å²) in [7, 11) is 0. The average molecular weight is 340 g/mol. The van der Waals surface area contributed by atoms with E-state index in [1.807, 2.05) is 32.0 Å². The number of hydrogen-bond donors (Lipinski definition) is 1. The van der Waals surface area contributed by atoms with E-state index in [9.17, 15) is 8.78 Å². The van der Waals surface area contributed by atoms with Crippen LogP contribution in [0.2, 0.25) is 0 Å². The summed E-state index contributed by atoms with van der Waals surface area (Å²) < 4.78 is 28.0. The summed E-state index contributed by atoms with van der Waals surface area (Å²) in [5, 5.41) is 3.25. The zero-order valence-electron chi connectivity index (χ0n) is 11.4. The maximum atomic E-state index is 14.0. The quantitative estimate of drug-likeness (QED) is 0.848. The van der Waals surface area contributed by atoms with Crippen LogP contribution in [0.25, 0.3) is 0 Å². The molecule has 0 aromatic heterocycles. The number of aryl methyl sites for hydroxylation is 1. The van der Waals surface area contributed by atoms with Gasteiger partial charge in [0, 0.05) is 16.1 Å². The van der Waals surface area contributed by atoms with E-state index in [1.54, 1.807) is 0 Å². The Balaban J connectivity index is 2.49. The van der Waals surface area contributed by atoms with Crippen LogP contribution in [-0.2, 0) is 0 Å². The van der Waals surface area contributed by atoms with Gasteiger partial charge in [-0.15, -0.1) is 0 Å². The molecule has 1 nitrogen and oxygen atoms in total. The van der Waals surface area contributed by atoms with E-state index in [1.165, 1.54) is 12.1 Å². The lowest BCUT2D eigenvalue weighted by Crippen LogP contribution is -2.23. The summed E-state index contributed by atoms with van der Waals surface area (Å²) in [5.41, 5.74) is 2.48. The van der Waals surface area contributed by atoms with Gasteiger partial charge in [-0.1, -0.05) is 35.0 Å². The molecule has 2 rings (SSSR count). The van der Waals surface area contributed by atoms with Gasteiger partial charge < -0.3 is 5.32 Å². The molecule has 1 unspecified atom stereocenters. The minimum atomic E-state index is -0.563. The fourth-order valence-electron chi connectivity index (χ4n) is 2.28. The SMILES string of the molecule is CCNC(c1cc(C)cc(Br)c1)c1ccc(F)cc1F. The third-order valence-electron chi connectivity index (χ3n) is 3.08. The minimum Gasteiger partial charge on any atom is -0.306 e. The first-order valence-electron chi connectivity index (χ1n) is 6.46. The maximum absolute atomic E-state index is 14.0. The summed E-state index contributed by atoms with van der Waals surface area (Å²) in [4.78, 5) is 0. The van der Waals surface area contributed by atoms with Gasteiger partial charge in [-0.2, -0.15) is 0 Å². The van der Waals surface area contributed by atoms with Gasteiger partial charge in [0.25, 0.3) is 0 Å². The highest BCUT2D eigenvalue weighted by molar-refractivity contribution is 9.10. The van der Waals surface area contributed by atoms with Gasteiger partial charge in [-0.05, 0) is 42.8 Å². The van der Waals surface area contributed by atoms with Gasteiger partial charge in [0.05, 0.1) is 6.04 Å². The van der Waals surface area contributed by atoms with Crippen LogP contribution in [0.4, 0.5) is 8.78 Å². The Bertz CT molecular complexity index is 593. The van der Waals surface area contributed by atoms with Crippen molar-refractivity contribution in [2.45, 2.75) is 19.9 Å². The molecule has 0 fully saturated rings. The highest BCUT2D eigenvalue weighted by Gasteiger charge is 2.18. The van der Waals surface area contributed by atoms with Crippen LogP contribution in [-0.4, -0.2) is 6.54 Å². The number of rotatable bonds is 4. The van der Waals surface area contributed by atoms with Crippen LogP contribution >= 0.6 is 15.9 Å². The molecule has 1 N–H and O–H groups in total. The molecule has 2 aromatic rings. The van der Waals surface area contributed by atoms with E-state index >= 15 is 0 Å². The number of halogens is 3. The van der Waals surface area contributed by atoms with Crippen LogP contribution in [0.1, 0.15) is 29.7 Å². The molecule has 1 atom stereocenters. The molecule has 0 saturated carbocycles. The van der Waals surface area contributed by atoms with Crippen LogP contribution in [0, 0.1) is 18.6 Å². The maximum Gasteiger partial charge on any atom is 0.131 e. The Kier molecular flexibility index (Phi) is 4.89. The van der Waals surface area contributed by atoms with E-state index in [0.29, 0.717) is 12.1 Å². The second kappa shape index (κ2) is 6.46. The summed E-state index contributed by atoms with van der Waals surface area (Å²) in [6, 6.07) is 9.35. The predicted octanol–water partition coefficient (Wildman–Crippen LogP) is 4.73. The first-order valence-corrected chi connectivity index (χ1v) is 7.26. The number of nitrogens with one attached hydrogen (secondary N) is 1. The third-order valence-corrected chi connectivity index (χ3v) is 3.54. The van der Waals surface area contributed by atoms with Crippen LogP contribution in [0.3, 0.4) is 0 Å². The van der Waals surface area contributed by atoms with Gasteiger partial charge in [0.1, 0.15) is 11.6 Å². The van der Waals surface area contributed by atoms with Crippen molar-refractivity contribution in [2.24, 2.45) is 0 Å². The first-order chi connectivity index (χ1) is 9.51. The molecule has 0 aliphatic heterocycles. The molecule has 106 valence electrons. The zero-order valence-corrected chi connectivity index (χ0v) is 13.0. The molecule has 0 aliphatic carbocycles. The van der Waals surface area contributed by atoms with Crippen molar-refractivity contribution in [3.05, 3.63) is 69.2 Å². The lowest BCUT2D eigenvalue weighted by molar-refractivity contribution is 0.541. The monoisotopic (exact) mass is 339 g/mol. The van der Waals surface area contributed by atoms with E-state index in [2.05, 4.69) is 21.2 Å². The fourth-order valence-corrected chi connectivity index (χ4v) is 2.90. The Hall–Kier alpha value is -1.26. The Morgan fingerprint density at radius 1 is 1.15 bits per heavy atom. The highest BCUT2D eigenvalue weighted by Crippen LogP contribution is 2.28. The molecule has 0 aliphatic rings. The molecule has 0 saturated heterocycles. The van der Waals surface area contributed by atoms with Crippen molar-refractivity contribution in [2.75, 3.05) is 6.54 Å². The predicted molar refractivity (Wildman–Crippen MR) is 80.8 cm³/mol. The molecule has 0 spiro atoms. The van der Waals surface area contributed by atoms with Gasteiger partial charge in [0.2, 0.25) is 0 Å². The molecular weight excluding hydrogens is 324 g/mol. The van der Waals surface area contributed by atoms with Crippen LogP contribution in [0.15, 0.2) is 40.9 Å². The Labute approximate surface area is 126 Å². The molecule has 4 heteroatoms. The normalized spacial score (nSPS) is 12.4. The lowest BCUT2D eigenvalue weighted by atomic mass is 9.97. The van der Waals surface area contributed by atoms with Gasteiger partial charge in [-0.3, -0.25) is 0 Å². The zero-order chi connectivity index (χ0) is 14.7. The molecule has 0 amide bonds. The second-order valence-electron chi connectivity index (χ2n) is 4.72. The largest absolute Gasteiger partial charge is 0.306 e. The molecular formula is C16H16BrF2N. The number of benzene rings is 2. The van der Waals surface area contributed by atoms with Gasteiger partial charge in [0.15, 0.2) is 0 Å². The Morgan fingerprint density at radius 2 is 1.90 bits per heavy atom. The highest BCUT2D eigenvalue weighted by atomic mass is 79.9. The fraction of sp³-hybridized carbons (Fsp3) is 0.250. The second-order valence-corrected chi connectivity index (χ2v) is 5.63. The van der Waals surface area contributed by atoms with E-state index in [4.69, 9.17) is 0 Å². The summed E-state index contributed by atoms with van der Waals surface area (Å²) >= 11 is 3.45. The first kappa shape index (κ1) is 15.1. The minimum absolute atomic E-state index is 0.295. The summed E-state index contributed by atoms with van der Waals surface area (Å²) in [5.74, 6) is -1.10. The van der Waals surface area contributed by atoms with Crippen molar-refractivity contribution in [3.63, 3.8) is 0 Å². The Morgan fingerprint density at radius 3 is 2.50 bits per heavy atom. The smallest absolute Gasteiger partial charge is 0.131 e. The van der Waals surface area contributed by atoms with Crippen molar-refractivity contribution in [1.29, 1.82) is 0 Å².